The van der Waals surface area contributed by atoms with Crippen molar-refractivity contribution in [2.75, 3.05) is 25.1 Å². The smallest absolute Gasteiger partial charge is 0.308 e. The highest BCUT2D eigenvalue weighted by Crippen LogP contribution is 2.29. The van der Waals surface area contributed by atoms with Gasteiger partial charge in [0.25, 0.3) is 0 Å². The minimum atomic E-state index is -0.134. The van der Waals surface area contributed by atoms with Crippen LogP contribution in [-0.2, 0) is 9.53 Å². The summed E-state index contributed by atoms with van der Waals surface area (Å²) in [5.74, 6) is -0.0996. The van der Waals surface area contributed by atoms with Crippen LogP contribution in [0.2, 0.25) is 0 Å². The zero-order valence-electron chi connectivity index (χ0n) is 11.7. The van der Waals surface area contributed by atoms with Crippen molar-refractivity contribution in [2.24, 2.45) is 5.92 Å². The van der Waals surface area contributed by atoms with Gasteiger partial charge in [0.15, 0.2) is 5.78 Å². The zero-order valence-corrected chi connectivity index (χ0v) is 13.3. The van der Waals surface area contributed by atoms with Crippen molar-refractivity contribution in [3.63, 3.8) is 0 Å². The van der Waals surface area contributed by atoms with Crippen molar-refractivity contribution >= 4 is 33.4 Å². The number of piperidine rings is 1. The lowest BCUT2D eigenvalue weighted by Crippen LogP contribution is -2.37. The van der Waals surface area contributed by atoms with Crippen molar-refractivity contribution in [2.45, 2.75) is 19.8 Å². The Kier molecular flexibility index (Phi) is 4.81. The Hall–Kier alpha value is -1.36. The first-order valence-electron chi connectivity index (χ1n) is 6.66. The van der Waals surface area contributed by atoms with Gasteiger partial charge in [0.1, 0.15) is 0 Å². The molecule has 4 nitrogen and oxygen atoms in total. The van der Waals surface area contributed by atoms with E-state index in [0.717, 1.165) is 41.7 Å². The molecule has 1 aliphatic heterocycles. The van der Waals surface area contributed by atoms with Crippen LogP contribution < -0.4 is 4.90 Å². The minimum Gasteiger partial charge on any atom is -0.469 e. The zero-order chi connectivity index (χ0) is 14.7. The molecule has 0 aliphatic carbocycles. The van der Waals surface area contributed by atoms with E-state index >= 15 is 0 Å². The first kappa shape index (κ1) is 15.0. The van der Waals surface area contributed by atoms with E-state index in [0.29, 0.717) is 0 Å². The third kappa shape index (κ3) is 3.20. The van der Waals surface area contributed by atoms with Crippen molar-refractivity contribution < 1.29 is 14.3 Å². The fourth-order valence-electron chi connectivity index (χ4n) is 2.59. The number of methoxy groups -OCH3 is 1. The summed E-state index contributed by atoms with van der Waals surface area (Å²) in [6, 6.07) is 5.69. The van der Waals surface area contributed by atoms with E-state index in [1.54, 1.807) is 6.92 Å². The summed E-state index contributed by atoms with van der Waals surface area (Å²) in [4.78, 5) is 25.4. The van der Waals surface area contributed by atoms with Gasteiger partial charge in [-0.1, -0.05) is 15.9 Å². The molecule has 0 amide bonds. The highest BCUT2D eigenvalue weighted by Gasteiger charge is 2.27. The van der Waals surface area contributed by atoms with Gasteiger partial charge in [0.05, 0.1) is 13.0 Å². The molecule has 0 unspecified atom stereocenters. The number of esters is 1. The average molecular weight is 340 g/mol. The van der Waals surface area contributed by atoms with Gasteiger partial charge in [0, 0.05) is 28.8 Å². The monoisotopic (exact) mass is 339 g/mol. The van der Waals surface area contributed by atoms with Crippen LogP contribution in [0.5, 0.6) is 0 Å². The molecule has 20 heavy (non-hydrogen) atoms. The van der Waals surface area contributed by atoms with Gasteiger partial charge in [0.2, 0.25) is 0 Å². The number of carbonyl (C=O) groups excluding carboxylic acids is 2. The van der Waals surface area contributed by atoms with Crippen LogP contribution in [0.25, 0.3) is 0 Å². The number of hydrogen-bond donors (Lipinski definition) is 0. The molecule has 1 aliphatic rings. The number of rotatable bonds is 3. The summed E-state index contributed by atoms with van der Waals surface area (Å²) in [6.07, 6.45) is 1.52. The Morgan fingerprint density at radius 2 is 1.95 bits per heavy atom. The molecule has 5 heteroatoms. The van der Waals surface area contributed by atoms with Crippen LogP contribution in [0, 0.1) is 5.92 Å². The number of ether oxygens (including phenoxy) is 1. The number of Topliss-reactive ketones (excluding diaryl/α,β-unsaturated/α-hetero) is 1. The van der Waals surface area contributed by atoms with Gasteiger partial charge in [-0.3, -0.25) is 9.59 Å². The molecule has 0 N–H and O–H groups in total. The van der Waals surface area contributed by atoms with E-state index in [9.17, 15) is 9.59 Å². The lowest BCUT2D eigenvalue weighted by molar-refractivity contribution is -0.146. The Morgan fingerprint density at radius 3 is 2.50 bits per heavy atom. The number of benzene rings is 1. The van der Waals surface area contributed by atoms with Crippen LogP contribution in [-0.4, -0.2) is 32.0 Å². The predicted molar refractivity (Wildman–Crippen MR) is 81.1 cm³/mol. The van der Waals surface area contributed by atoms with E-state index in [1.165, 1.54) is 7.11 Å². The van der Waals surface area contributed by atoms with Gasteiger partial charge in [-0.25, -0.2) is 0 Å². The number of ketones is 1. The SMILES string of the molecule is COC(=O)C1CCN(c2cc(Br)ccc2C(C)=O)CC1. The van der Waals surface area contributed by atoms with Crippen LogP contribution in [0.15, 0.2) is 22.7 Å². The Morgan fingerprint density at radius 1 is 1.30 bits per heavy atom. The maximum absolute atomic E-state index is 11.7. The molecule has 1 aromatic rings. The lowest BCUT2D eigenvalue weighted by Gasteiger charge is -2.33. The van der Waals surface area contributed by atoms with Crippen LogP contribution in [0.1, 0.15) is 30.1 Å². The molecule has 0 atom stereocenters. The molecular weight excluding hydrogens is 322 g/mol. The van der Waals surface area contributed by atoms with Gasteiger partial charge >= 0.3 is 5.97 Å². The van der Waals surface area contributed by atoms with Crippen LogP contribution in [0.3, 0.4) is 0 Å². The molecule has 1 saturated heterocycles. The molecule has 0 bridgehead atoms. The molecule has 0 aromatic heterocycles. The maximum atomic E-state index is 11.7. The highest BCUT2D eigenvalue weighted by molar-refractivity contribution is 9.10. The fraction of sp³-hybridized carbons (Fsp3) is 0.467. The molecular formula is C15H18BrNO3. The summed E-state index contributed by atoms with van der Waals surface area (Å²) in [5, 5.41) is 0. The highest BCUT2D eigenvalue weighted by atomic mass is 79.9. The summed E-state index contributed by atoms with van der Waals surface area (Å²) < 4.78 is 5.74. The predicted octanol–water partition coefficient (Wildman–Crippen LogP) is 3.04. The molecule has 108 valence electrons. The van der Waals surface area contributed by atoms with Gasteiger partial charge in [-0.15, -0.1) is 0 Å². The summed E-state index contributed by atoms with van der Waals surface area (Å²) >= 11 is 3.45. The molecule has 1 fully saturated rings. The van der Waals surface area contributed by atoms with Gasteiger partial charge in [-0.05, 0) is 38.0 Å². The minimum absolute atomic E-state index is 0.0239. The number of anilines is 1. The Labute approximate surface area is 127 Å². The van der Waals surface area contributed by atoms with E-state index in [1.807, 2.05) is 18.2 Å². The summed E-state index contributed by atoms with van der Waals surface area (Å²) in [5.41, 5.74) is 1.67. The molecule has 1 heterocycles. The third-order valence-corrected chi connectivity index (χ3v) is 4.20. The number of carbonyl (C=O) groups is 2. The van der Waals surface area contributed by atoms with Crippen molar-refractivity contribution in [1.82, 2.24) is 0 Å². The quantitative estimate of drug-likeness (QED) is 0.627. The second kappa shape index (κ2) is 6.39. The van der Waals surface area contributed by atoms with Crippen molar-refractivity contribution in [1.29, 1.82) is 0 Å². The average Bonchev–Trinajstić information content (AvgIpc) is 2.46. The van der Waals surface area contributed by atoms with E-state index in [2.05, 4.69) is 20.8 Å². The standard InChI is InChI=1S/C15H18BrNO3/c1-10(18)13-4-3-12(16)9-14(13)17-7-5-11(6-8-17)15(19)20-2/h3-4,9,11H,5-8H2,1-2H3. The Bertz CT molecular complexity index is 522. The number of hydrogen-bond acceptors (Lipinski definition) is 4. The third-order valence-electron chi connectivity index (χ3n) is 3.71. The topological polar surface area (TPSA) is 46.6 Å². The molecule has 0 spiro atoms. The van der Waals surface area contributed by atoms with Crippen molar-refractivity contribution in [3.8, 4) is 0 Å². The van der Waals surface area contributed by atoms with E-state index in [4.69, 9.17) is 4.74 Å². The molecule has 0 saturated carbocycles. The molecule has 1 aromatic carbocycles. The largest absolute Gasteiger partial charge is 0.469 e. The second-order valence-corrected chi connectivity index (χ2v) is 5.92. The lowest BCUT2D eigenvalue weighted by atomic mass is 9.95. The molecule has 2 rings (SSSR count). The Balaban J connectivity index is 2.16. The summed E-state index contributed by atoms with van der Waals surface area (Å²) in [6.45, 7) is 3.10. The normalized spacial score (nSPS) is 16.1. The van der Waals surface area contributed by atoms with Gasteiger partial charge in [-0.2, -0.15) is 0 Å². The van der Waals surface area contributed by atoms with E-state index < -0.39 is 0 Å². The number of nitrogens with zero attached hydrogens (tertiary/aromatic N) is 1. The van der Waals surface area contributed by atoms with Crippen molar-refractivity contribution in [3.05, 3.63) is 28.2 Å². The second-order valence-electron chi connectivity index (χ2n) is 5.00. The van der Waals surface area contributed by atoms with E-state index in [-0.39, 0.29) is 17.7 Å². The molecule has 0 radical (unpaired) electrons. The summed E-state index contributed by atoms with van der Waals surface area (Å²) in [7, 11) is 1.43. The van der Waals surface area contributed by atoms with Gasteiger partial charge < -0.3 is 9.64 Å². The van der Waals surface area contributed by atoms with Crippen LogP contribution >= 0.6 is 15.9 Å². The first-order valence-corrected chi connectivity index (χ1v) is 7.45. The first-order chi connectivity index (χ1) is 9.52. The maximum Gasteiger partial charge on any atom is 0.308 e. The fourth-order valence-corrected chi connectivity index (χ4v) is 2.94. The van der Waals surface area contributed by atoms with Crippen LogP contribution in [0.4, 0.5) is 5.69 Å². The number of halogens is 1.